The van der Waals surface area contributed by atoms with Crippen LogP contribution < -0.4 is 0 Å². The molecule has 0 aromatic heterocycles. The molecule has 0 saturated carbocycles. The predicted molar refractivity (Wildman–Crippen MR) is 45.1 cm³/mol. The molecule has 1 atom stereocenters. The molecule has 0 bridgehead atoms. The van der Waals surface area contributed by atoms with Crippen molar-refractivity contribution >= 4 is 0 Å². The Balaban J connectivity index is 2.05. The Hall–Kier alpha value is -0.550. The van der Waals surface area contributed by atoms with E-state index in [1.165, 1.54) is 25.9 Å². The number of nitrogens with zero attached hydrogens (tertiary/aromatic N) is 2. The first kappa shape index (κ1) is 8.55. The van der Waals surface area contributed by atoms with Crippen LogP contribution in [0, 0.1) is 17.2 Å². The summed E-state index contributed by atoms with van der Waals surface area (Å²) in [5, 5.41) is 8.33. The lowest BCUT2D eigenvalue weighted by molar-refractivity contribution is 0.385. The maximum absolute atomic E-state index is 8.33. The third kappa shape index (κ3) is 2.90. The van der Waals surface area contributed by atoms with Crippen LogP contribution in [0.3, 0.4) is 0 Å². The molecular formula is C9H16N2. The van der Waals surface area contributed by atoms with Gasteiger partial charge in [-0.1, -0.05) is 0 Å². The Kier molecular flexibility index (Phi) is 3.38. The van der Waals surface area contributed by atoms with Gasteiger partial charge in [-0.25, -0.2) is 0 Å². The summed E-state index contributed by atoms with van der Waals surface area (Å²) in [6.45, 7) is 2.49. The zero-order chi connectivity index (χ0) is 8.10. The highest BCUT2D eigenvalue weighted by Gasteiger charge is 2.18. The summed E-state index contributed by atoms with van der Waals surface area (Å²) >= 11 is 0. The molecule has 2 nitrogen and oxygen atoms in total. The van der Waals surface area contributed by atoms with E-state index in [9.17, 15) is 0 Å². The zero-order valence-corrected chi connectivity index (χ0v) is 7.21. The van der Waals surface area contributed by atoms with Gasteiger partial charge in [0.05, 0.1) is 6.07 Å². The zero-order valence-electron chi connectivity index (χ0n) is 7.21. The first-order valence-corrected chi connectivity index (χ1v) is 4.38. The van der Waals surface area contributed by atoms with Crippen molar-refractivity contribution in [2.45, 2.75) is 25.7 Å². The monoisotopic (exact) mass is 152 g/mol. The third-order valence-electron chi connectivity index (χ3n) is 2.39. The highest BCUT2D eigenvalue weighted by molar-refractivity contribution is 4.75. The molecule has 1 fully saturated rings. The minimum atomic E-state index is 0.736. The van der Waals surface area contributed by atoms with Gasteiger partial charge in [-0.2, -0.15) is 5.26 Å². The molecule has 1 aliphatic rings. The summed E-state index contributed by atoms with van der Waals surface area (Å²) in [4.78, 5) is 2.37. The van der Waals surface area contributed by atoms with Gasteiger partial charge in [-0.15, -0.1) is 0 Å². The molecule has 1 rings (SSSR count). The van der Waals surface area contributed by atoms with E-state index in [1.807, 2.05) is 0 Å². The summed E-state index contributed by atoms with van der Waals surface area (Å²) in [7, 11) is 2.17. The van der Waals surface area contributed by atoms with Crippen molar-refractivity contribution in [1.29, 1.82) is 5.26 Å². The summed E-state index contributed by atoms with van der Waals surface area (Å²) in [5.41, 5.74) is 0. The highest BCUT2D eigenvalue weighted by Crippen LogP contribution is 2.19. The van der Waals surface area contributed by atoms with Crippen LogP contribution >= 0.6 is 0 Å². The number of hydrogen-bond acceptors (Lipinski definition) is 2. The molecule has 1 heterocycles. The van der Waals surface area contributed by atoms with Crippen LogP contribution in [0.15, 0.2) is 0 Å². The standard InChI is InChI=1S/C9H16N2/c1-11-7-5-9(8-11)4-2-3-6-10/h9H,2-5,7-8H2,1H3. The van der Waals surface area contributed by atoms with Gasteiger partial charge in [-0.3, -0.25) is 0 Å². The van der Waals surface area contributed by atoms with E-state index in [0.717, 1.165) is 18.8 Å². The molecule has 11 heavy (non-hydrogen) atoms. The van der Waals surface area contributed by atoms with Crippen LogP contribution in [-0.4, -0.2) is 25.0 Å². The van der Waals surface area contributed by atoms with Crippen LogP contribution in [0.5, 0.6) is 0 Å². The minimum absolute atomic E-state index is 0.736. The van der Waals surface area contributed by atoms with Crippen LogP contribution in [0.1, 0.15) is 25.7 Å². The number of rotatable bonds is 3. The van der Waals surface area contributed by atoms with Gasteiger partial charge in [0.2, 0.25) is 0 Å². The molecule has 0 aromatic rings. The lowest BCUT2D eigenvalue weighted by Crippen LogP contribution is -2.13. The maximum Gasteiger partial charge on any atom is 0.0621 e. The maximum atomic E-state index is 8.33. The fraction of sp³-hybridized carbons (Fsp3) is 0.889. The topological polar surface area (TPSA) is 27.0 Å². The summed E-state index contributed by atoms with van der Waals surface area (Å²) in [6, 6.07) is 2.19. The molecule has 0 aromatic carbocycles. The summed E-state index contributed by atoms with van der Waals surface area (Å²) in [6.07, 6.45) is 4.41. The third-order valence-corrected chi connectivity index (χ3v) is 2.39. The van der Waals surface area contributed by atoms with Gasteiger partial charge in [0, 0.05) is 13.0 Å². The van der Waals surface area contributed by atoms with E-state index in [-0.39, 0.29) is 0 Å². The number of hydrogen-bond donors (Lipinski definition) is 0. The molecule has 1 aliphatic heterocycles. The van der Waals surface area contributed by atoms with Crippen molar-refractivity contribution < 1.29 is 0 Å². The number of likely N-dealkylation sites (tertiary alicyclic amines) is 1. The van der Waals surface area contributed by atoms with E-state index in [0.29, 0.717) is 0 Å². The second kappa shape index (κ2) is 4.35. The fourth-order valence-electron chi connectivity index (χ4n) is 1.73. The van der Waals surface area contributed by atoms with E-state index in [2.05, 4.69) is 18.0 Å². The molecule has 1 unspecified atom stereocenters. The SMILES string of the molecule is CN1CCC(CCCC#N)C1. The molecule has 0 spiro atoms. The Labute approximate surface area is 68.8 Å². The van der Waals surface area contributed by atoms with Gasteiger partial charge in [0.25, 0.3) is 0 Å². The summed E-state index contributed by atoms with van der Waals surface area (Å²) < 4.78 is 0. The van der Waals surface area contributed by atoms with Crippen molar-refractivity contribution in [3.05, 3.63) is 0 Å². The highest BCUT2D eigenvalue weighted by atomic mass is 15.1. The molecule has 0 amide bonds. The van der Waals surface area contributed by atoms with Crippen molar-refractivity contribution in [3.8, 4) is 6.07 Å². The Morgan fingerprint density at radius 2 is 2.45 bits per heavy atom. The van der Waals surface area contributed by atoms with Gasteiger partial charge in [-0.05, 0) is 38.8 Å². The molecule has 2 heteroatoms. The first-order chi connectivity index (χ1) is 5.33. The average molecular weight is 152 g/mol. The second-order valence-corrected chi connectivity index (χ2v) is 3.47. The quantitative estimate of drug-likeness (QED) is 0.575. The Morgan fingerprint density at radius 1 is 1.64 bits per heavy atom. The number of nitriles is 1. The Morgan fingerprint density at radius 3 is 3.00 bits per heavy atom. The predicted octanol–water partition coefficient (Wildman–Crippen LogP) is 1.63. The lowest BCUT2D eigenvalue weighted by Gasteiger charge is -2.08. The van der Waals surface area contributed by atoms with Crippen LogP contribution in [0.4, 0.5) is 0 Å². The molecule has 0 radical (unpaired) electrons. The normalized spacial score (nSPS) is 25.3. The first-order valence-electron chi connectivity index (χ1n) is 4.38. The number of unbranched alkanes of at least 4 members (excludes halogenated alkanes) is 1. The van der Waals surface area contributed by atoms with Gasteiger partial charge >= 0.3 is 0 Å². The fourth-order valence-corrected chi connectivity index (χ4v) is 1.73. The van der Waals surface area contributed by atoms with E-state index in [1.54, 1.807) is 0 Å². The van der Waals surface area contributed by atoms with Gasteiger partial charge in [0.1, 0.15) is 0 Å². The largest absolute Gasteiger partial charge is 0.306 e. The Bertz CT molecular complexity index is 148. The van der Waals surface area contributed by atoms with Crippen LogP contribution in [0.25, 0.3) is 0 Å². The summed E-state index contributed by atoms with van der Waals surface area (Å²) in [5.74, 6) is 0.869. The molecule has 0 aliphatic carbocycles. The van der Waals surface area contributed by atoms with Crippen molar-refractivity contribution in [3.63, 3.8) is 0 Å². The molecule has 62 valence electrons. The molecular weight excluding hydrogens is 136 g/mol. The van der Waals surface area contributed by atoms with E-state index < -0.39 is 0 Å². The molecule has 1 saturated heterocycles. The van der Waals surface area contributed by atoms with Crippen molar-refractivity contribution in [1.82, 2.24) is 4.90 Å². The minimum Gasteiger partial charge on any atom is -0.306 e. The van der Waals surface area contributed by atoms with E-state index in [4.69, 9.17) is 5.26 Å². The van der Waals surface area contributed by atoms with Crippen molar-refractivity contribution in [2.75, 3.05) is 20.1 Å². The van der Waals surface area contributed by atoms with Gasteiger partial charge in [0.15, 0.2) is 0 Å². The lowest BCUT2D eigenvalue weighted by atomic mass is 10.0. The van der Waals surface area contributed by atoms with E-state index >= 15 is 0 Å². The average Bonchev–Trinajstić information content (AvgIpc) is 2.37. The van der Waals surface area contributed by atoms with Crippen LogP contribution in [0.2, 0.25) is 0 Å². The van der Waals surface area contributed by atoms with Crippen LogP contribution in [-0.2, 0) is 0 Å². The van der Waals surface area contributed by atoms with Gasteiger partial charge < -0.3 is 4.90 Å². The smallest absolute Gasteiger partial charge is 0.0621 e. The second-order valence-electron chi connectivity index (χ2n) is 3.47. The van der Waals surface area contributed by atoms with Crippen molar-refractivity contribution in [2.24, 2.45) is 5.92 Å². The molecule has 0 N–H and O–H groups in total.